The molecule has 0 unspecified atom stereocenters. The summed E-state index contributed by atoms with van der Waals surface area (Å²) in [4.78, 5) is 28.4. The normalized spacial score (nSPS) is 14.8. The Kier molecular flexibility index (Phi) is 6.72. The van der Waals surface area contributed by atoms with Gasteiger partial charge in [0.15, 0.2) is 6.61 Å². The quantitative estimate of drug-likeness (QED) is 0.712. The second-order valence-electron chi connectivity index (χ2n) is 6.34. The molecule has 2 aromatic carbocycles. The molecule has 5 nitrogen and oxygen atoms in total. The summed E-state index contributed by atoms with van der Waals surface area (Å²) in [7, 11) is 0. The molecular weight excluding hydrogens is 387 g/mol. The van der Waals surface area contributed by atoms with Gasteiger partial charge in [0.25, 0.3) is 5.91 Å². The lowest BCUT2D eigenvalue weighted by Gasteiger charge is -2.34. The van der Waals surface area contributed by atoms with E-state index in [0.29, 0.717) is 18.1 Å². The van der Waals surface area contributed by atoms with Crippen LogP contribution in [0.15, 0.2) is 48.5 Å². The van der Waals surface area contributed by atoms with E-state index in [4.69, 9.17) is 27.9 Å². The summed E-state index contributed by atoms with van der Waals surface area (Å²) >= 11 is 11.8. The van der Waals surface area contributed by atoms with E-state index in [1.54, 1.807) is 11.0 Å². The lowest BCUT2D eigenvalue weighted by molar-refractivity contribution is -0.136. The van der Waals surface area contributed by atoms with E-state index in [0.717, 1.165) is 19.6 Å². The molecule has 0 aliphatic carbocycles. The van der Waals surface area contributed by atoms with Crippen molar-refractivity contribution in [1.29, 1.82) is 0 Å². The number of nitrogens with zero attached hydrogens (tertiary/aromatic N) is 2. The van der Waals surface area contributed by atoms with Crippen LogP contribution in [0.2, 0.25) is 10.0 Å². The molecule has 2 aromatic rings. The number of hydrogen-bond donors (Lipinski definition) is 0. The van der Waals surface area contributed by atoms with Crippen molar-refractivity contribution < 1.29 is 14.3 Å². The number of rotatable bonds is 5. The Bertz CT molecular complexity index is 806. The molecule has 3 rings (SSSR count). The second kappa shape index (κ2) is 9.22. The van der Waals surface area contributed by atoms with Gasteiger partial charge in [-0.1, -0.05) is 53.5 Å². The number of benzene rings is 2. The van der Waals surface area contributed by atoms with Crippen LogP contribution >= 0.6 is 23.2 Å². The van der Waals surface area contributed by atoms with Crippen molar-refractivity contribution >= 4 is 35.1 Å². The summed E-state index contributed by atoms with van der Waals surface area (Å²) in [5.41, 5.74) is 1.45. The number of carbonyl (C=O) groups is 2. The molecule has 1 fully saturated rings. The minimum atomic E-state index is -0.632. The molecule has 0 atom stereocenters. The highest BCUT2D eigenvalue weighted by Crippen LogP contribution is 2.21. The van der Waals surface area contributed by atoms with Gasteiger partial charge in [-0.2, -0.15) is 0 Å². The number of carbonyl (C=O) groups excluding carboxylic acids is 2. The summed E-state index contributed by atoms with van der Waals surface area (Å²) in [6, 6.07) is 14.7. The highest BCUT2D eigenvalue weighted by atomic mass is 35.5. The van der Waals surface area contributed by atoms with E-state index in [9.17, 15) is 9.59 Å². The molecular formula is C20H20Cl2N2O3. The Morgan fingerprint density at radius 1 is 0.963 bits per heavy atom. The third-order valence-electron chi connectivity index (χ3n) is 4.45. The maximum absolute atomic E-state index is 12.3. The molecule has 0 N–H and O–H groups in total. The molecule has 1 saturated heterocycles. The molecule has 1 heterocycles. The van der Waals surface area contributed by atoms with Crippen LogP contribution in [0, 0.1) is 0 Å². The fourth-order valence-electron chi connectivity index (χ4n) is 2.95. The third kappa shape index (κ3) is 5.45. The molecule has 0 bridgehead atoms. The summed E-state index contributed by atoms with van der Waals surface area (Å²) in [5.74, 6) is -0.833. The molecule has 1 amide bonds. The minimum Gasteiger partial charge on any atom is -0.452 e. The fraction of sp³-hybridized carbons (Fsp3) is 0.300. The van der Waals surface area contributed by atoms with Crippen molar-refractivity contribution in [3.05, 3.63) is 69.7 Å². The predicted molar refractivity (Wildman–Crippen MR) is 105 cm³/mol. The van der Waals surface area contributed by atoms with Crippen LogP contribution in [0.4, 0.5) is 0 Å². The topological polar surface area (TPSA) is 49.9 Å². The SMILES string of the molecule is O=C(OCC(=O)N1CCN(Cc2ccccc2)CC1)c1ccc(Cl)cc1Cl. The molecule has 1 aliphatic rings. The molecule has 0 saturated carbocycles. The van der Waals surface area contributed by atoms with Crippen molar-refractivity contribution in [2.24, 2.45) is 0 Å². The molecule has 1 aliphatic heterocycles. The average Bonchev–Trinajstić information content (AvgIpc) is 2.67. The Labute approximate surface area is 168 Å². The number of ether oxygens (including phenoxy) is 1. The third-order valence-corrected chi connectivity index (χ3v) is 5.00. The van der Waals surface area contributed by atoms with Gasteiger partial charge in [-0.05, 0) is 23.8 Å². The van der Waals surface area contributed by atoms with Gasteiger partial charge in [-0.25, -0.2) is 4.79 Å². The van der Waals surface area contributed by atoms with Crippen LogP contribution in [0.25, 0.3) is 0 Å². The standard InChI is InChI=1S/C20H20Cl2N2O3/c21-16-6-7-17(18(22)12-16)20(26)27-14-19(25)24-10-8-23(9-11-24)13-15-4-2-1-3-5-15/h1-7,12H,8-11,13-14H2. The Hall–Kier alpha value is -2.08. The Morgan fingerprint density at radius 2 is 1.67 bits per heavy atom. The lowest BCUT2D eigenvalue weighted by atomic mass is 10.2. The van der Waals surface area contributed by atoms with Gasteiger partial charge in [-0.15, -0.1) is 0 Å². The molecule has 27 heavy (non-hydrogen) atoms. The van der Waals surface area contributed by atoms with Crippen molar-refractivity contribution in [1.82, 2.24) is 9.80 Å². The number of piperazine rings is 1. The first-order chi connectivity index (χ1) is 13.0. The second-order valence-corrected chi connectivity index (χ2v) is 7.19. The Balaban J connectivity index is 1.45. The molecule has 0 spiro atoms. The van der Waals surface area contributed by atoms with Crippen LogP contribution < -0.4 is 0 Å². The van der Waals surface area contributed by atoms with Crippen LogP contribution in [0.5, 0.6) is 0 Å². The van der Waals surface area contributed by atoms with Gasteiger partial charge in [-0.3, -0.25) is 9.69 Å². The largest absolute Gasteiger partial charge is 0.452 e. The summed E-state index contributed by atoms with van der Waals surface area (Å²) < 4.78 is 5.12. The Morgan fingerprint density at radius 3 is 2.33 bits per heavy atom. The first kappa shape index (κ1) is 19.7. The summed E-state index contributed by atoms with van der Waals surface area (Å²) in [6.07, 6.45) is 0. The zero-order chi connectivity index (χ0) is 19.2. The zero-order valence-corrected chi connectivity index (χ0v) is 16.2. The van der Waals surface area contributed by atoms with Crippen LogP contribution in [0.3, 0.4) is 0 Å². The van der Waals surface area contributed by atoms with E-state index in [-0.39, 0.29) is 23.1 Å². The maximum atomic E-state index is 12.3. The van der Waals surface area contributed by atoms with Crippen molar-refractivity contribution in [3.63, 3.8) is 0 Å². The van der Waals surface area contributed by atoms with Gasteiger partial charge in [0.1, 0.15) is 0 Å². The molecule has 7 heteroatoms. The van der Waals surface area contributed by atoms with Crippen molar-refractivity contribution in [2.45, 2.75) is 6.54 Å². The first-order valence-corrected chi connectivity index (χ1v) is 9.45. The van der Waals surface area contributed by atoms with E-state index >= 15 is 0 Å². The summed E-state index contributed by atoms with van der Waals surface area (Å²) in [6.45, 7) is 3.38. The number of halogens is 2. The van der Waals surface area contributed by atoms with Gasteiger partial charge in [0.05, 0.1) is 10.6 Å². The molecule has 0 aromatic heterocycles. The van der Waals surface area contributed by atoms with Crippen molar-refractivity contribution in [3.8, 4) is 0 Å². The number of esters is 1. The highest BCUT2D eigenvalue weighted by Gasteiger charge is 2.22. The van der Waals surface area contributed by atoms with Crippen molar-refractivity contribution in [2.75, 3.05) is 32.8 Å². The summed E-state index contributed by atoms with van der Waals surface area (Å²) in [5, 5.41) is 0.635. The van der Waals surface area contributed by atoms with Gasteiger partial charge in [0.2, 0.25) is 0 Å². The van der Waals surface area contributed by atoms with E-state index in [1.807, 2.05) is 18.2 Å². The lowest BCUT2D eigenvalue weighted by Crippen LogP contribution is -2.49. The van der Waals surface area contributed by atoms with E-state index < -0.39 is 5.97 Å². The van der Waals surface area contributed by atoms with E-state index in [1.165, 1.54) is 17.7 Å². The monoisotopic (exact) mass is 406 g/mol. The number of amides is 1. The van der Waals surface area contributed by atoms with Gasteiger partial charge < -0.3 is 9.64 Å². The van der Waals surface area contributed by atoms with Crippen LogP contribution in [-0.2, 0) is 16.1 Å². The first-order valence-electron chi connectivity index (χ1n) is 8.69. The van der Waals surface area contributed by atoms with Crippen LogP contribution in [-0.4, -0.2) is 54.5 Å². The van der Waals surface area contributed by atoms with Gasteiger partial charge in [0, 0.05) is 37.7 Å². The maximum Gasteiger partial charge on any atom is 0.340 e. The zero-order valence-electron chi connectivity index (χ0n) is 14.7. The molecule has 0 radical (unpaired) electrons. The minimum absolute atomic E-state index is 0.196. The smallest absolute Gasteiger partial charge is 0.340 e. The van der Waals surface area contributed by atoms with Crippen LogP contribution in [0.1, 0.15) is 15.9 Å². The predicted octanol–water partition coefficient (Wildman–Crippen LogP) is 3.49. The highest BCUT2D eigenvalue weighted by molar-refractivity contribution is 6.36. The molecule has 142 valence electrons. The number of hydrogen-bond acceptors (Lipinski definition) is 4. The van der Waals surface area contributed by atoms with E-state index in [2.05, 4.69) is 17.0 Å². The fourth-order valence-corrected chi connectivity index (χ4v) is 3.43. The average molecular weight is 407 g/mol. The van der Waals surface area contributed by atoms with Gasteiger partial charge >= 0.3 is 5.97 Å².